The second-order valence-electron chi connectivity index (χ2n) is 25.8. The van der Waals surface area contributed by atoms with E-state index in [-0.39, 0.29) is 19.3 Å². The van der Waals surface area contributed by atoms with E-state index in [4.69, 9.17) is 32.3 Å². The summed E-state index contributed by atoms with van der Waals surface area (Å²) in [4.78, 5) is 58.7. The lowest BCUT2D eigenvalue weighted by Gasteiger charge is -2.21. The molecular weight excluding hydrogens is 1340 g/mol. The van der Waals surface area contributed by atoms with E-state index in [1.54, 1.807) is 0 Å². The summed E-state index contributed by atoms with van der Waals surface area (Å²) in [5.74, 6) is -1.66. The van der Waals surface area contributed by atoms with Crippen LogP contribution >= 0.6 is 15.6 Å². The van der Waals surface area contributed by atoms with Crippen molar-refractivity contribution in [3.8, 4) is 0 Å². The first kappa shape index (κ1) is 97.9. The molecule has 16 nitrogen and oxygen atoms in total. The van der Waals surface area contributed by atoms with Gasteiger partial charge < -0.3 is 34.2 Å². The Morgan fingerprint density at radius 2 is 0.515 bits per heavy atom. The first-order valence-electron chi connectivity index (χ1n) is 39.4. The van der Waals surface area contributed by atoms with E-state index >= 15 is 0 Å². The molecule has 0 bridgehead atoms. The Morgan fingerprint density at radius 1 is 0.282 bits per heavy atom. The van der Waals surface area contributed by atoms with Crippen molar-refractivity contribution in [3.05, 3.63) is 170 Å². The van der Waals surface area contributed by atoms with Gasteiger partial charge in [-0.25, -0.2) is 9.13 Å². The maximum atomic E-state index is 13.0. The number of aliphatic hydroxyl groups excluding tert-OH is 2. The minimum absolute atomic E-state index is 0.0397. The zero-order valence-electron chi connectivity index (χ0n) is 63.9. The largest absolute Gasteiger partial charge is 0.472 e. The fourth-order valence-corrected chi connectivity index (χ4v) is 11.5. The predicted molar refractivity (Wildman–Crippen MR) is 426 cm³/mol. The van der Waals surface area contributed by atoms with Gasteiger partial charge in [0.1, 0.15) is 25.4 Å². The summed E-state index contributed by atoms with van der Waals surface area (Å²) in [7, 11) is -9.83. The summed E-state index contributed by atoms with van der Waals surface area (Å²) in [6.07, 6.45) is 96.7. The Labute approximate surface area is 624 Å². The molecule has 5 unspecified atom stereocenters. The molecule has 0 spiro atoms. The predicted octanol–water partition coefficient (Wildman–Crippen LogP) is 23.2. The third kappa shape index (κ3) is 77.8. The van der Waals surface area contributed by atoms with Gasteiger partial charge in [-0.1, -0.05) is 281 Å². The highest BCUT2D eigenvalue weighted by molar-refractivity contribution is 7.47. The van der Waals surface area contributed by atoms with Gasteiger partial charge in [-0.3, -0.25) is 32.5 Å². The summed E-state index contributed by atoms with van der Waals surface area (Å²) in [6.45, 7) is 2.42. The van der Waals surface area contributed by atoms with E-state index in [0.29, 0.717) is 25.7 Å². The van der Waals surface area contributed by atoms with Crippen LogP contribution < -0.4 is 0 Å². The number of unbranched alkanes of at least 4 members (excludes halogenated alkanes) is 22. The molecule has 0 aliphatic rings. The fraction of sp³-hybridized carbons (Fsp3) is 0.635. The summed E-state index contributed by atoms with van der Waals surface area (Å²) in [5.41, 5.74) is 0. The fourth-order valence-electron chi connectivity index (χ4n) is 9.89. The molecular formula is C85H140O16P2. The third-order valence-electron chi connectivity index (χ3n) is 15.9. The number of hydrogen-bond acceptors (Lipinski definition) is 14. The van der Waals surface area contributed by atoms with E-state index in [1.807, 2.05) is 0 Å². The highest BCUT2D eigenvalue weighted by Crippen LogP contribution is 2.45. The summed E-state index contributed by atoms with van der Waals surface area (Å²) >= 11 is 0. The second-order valence-corrected chi connectivity index (χ2v) is 28.7. The van der Waals surface area contributed by atoms with Gasteiger partial charge >= 0.3 is 33.6 Å². The maximum absolute atomic E-state index is 13.0. The quantitative estimate of drug-likeness (QED) is 0.0146. The minimum atomic E-state index is -4.96. The van der Waals surface area contributed by atoms with E-state index in [9.17, 15) is 43.5 Å². The van der Waals surface area contributed by atoms with Gasteiger partial charge in [0.25, 0.3) is 0 Å². The number of carbonyl (C=O) groups is 3. The van der Waals surface area contributed by atoms with Crippen LogP contribution in [0, 0.1) is 0 Å². The average Bonchev–Trinajstić information content (AvgIpc) is 0.938. The van der Waals surface area contributed by atoms with Gasteiger partial charge in [0, 0.05) is 19.3 Å². The molecule has 4 N–H and O–H groups in total. The summed E-state index contributed by atoms with van der Waals surface area (Å²) in [6, 6.07) is 0. The van der Waals surface area contributed by atoms with Gasteiger partial charge in [-0.2, -0.15) is 0 Å². The summed E-state index contributed by atoms with van der Waals surface area (Å²) < 4.78 is 61.1. The van der Waals surface area contributed by atoms with Gasteiger partial charge in [0.15, 0.2) is 6.10 Å². The van der Waals surface area contributed by atoms with Crippen molar-refractivity contribution in [2.75, 3.05) is 39.6 Å². The van der Waals surface area contributed by atoms with Crippen LogP contribution in [-0.2, 0) is 55.8 Å². The smallest absolute Gasteiger partial charge is 0.463 e. The Kier molecular flexibility index (Phi) is 72.8. The molecule has 0 aromatic carbocycles. The molecule has 0 saturated carbocycles. The average molecular weight is 1480 g/mol. The number of rotatable bonds is 73. The SMILES string of the molecule is CC/C=C\C/C=C\C/C=C\C/C=C\C/C=C\C/C=C\CCCCC(=O)OC(COC(=O)CCCCCCCCC/C=C\C/C=C\C/C=C\C/C=C\CCCCC)COP(=O)(O)OCC(O)COP(=O)(O)OCC(O)COC(=O)CCCCCCCCC/C=C\C/C=C\C/C=C\C/C=C\CCCCC. The number of phosphoric ester groups is 2. The molecule has 103 heavy (non-hydrogen) atoms. The van der Waals surface area contributed by atoms with Crippen LogP contribution in [0.5, 0.6) is 0 Å². The molecule has 18 heteroatoms. The molecule has 0 aliphatic carbocycles. The van der Waals surface area contributed by atoms with Crippen LogP contribution in [0.3, 0.4) is 0 Å². The van der Waals surface area contributed by atoms with E-state index in [2.05, 4.69) is 191 Å². The minimum Gasteiger partial charge on any atom is -0.463 e. The number of hydrogen-bond donors (Lipinski definition) is 4. The van der Waals surface area contributed by atoms with Crippen LogP contribution in [0.15, 0.2) is 170 Å². The number of esters is 3. The lowest BCUT2D eigenvalue weighted by atomic mass is 10.1. The van der Waals surface area contributed by atoms with E-state index in [1.165, 1.54) is 51.4 Å². The van der Waals surface area contributed by atoms with Crippen molar-refractivity contribution < 1.29 is 75.8 Å². The monoisotopic (exact) mass is 1480 g/mol. The number of carbonyl (C=O) groups excluding carboxylic acids is 3. The zero-order valence-corrected chi connectivity index (χ0v) is 65.7. The van der Waals surface area contributed by atoms with E-state index in [0.717, 1.165) is 173 Å². The highest BCUT2D eigenvalue weighted by atomic mass is 31.2. The Bertz CT molecular complexity index is 2550. The van der Waals surface area contributed by atoms with E-state index < -0.39 is 91.5 Å². The van der Waals surface area contributed by atoms with Crippen LogP contribution in [-0.4, -0.2) is 95.9 Å². The van der Waals surface area contributed by atoms with Gasteiger partial charge in [0.05, 0.1) is 26.4 Å². The highest BCUT2D eigenvalue weighted by Gasteiger charge is 2.29. The Hall–Kier alpha value is -5.09. The van der Waals surface area contributed by atoms with Crippen molar-refractivity contribution >= 4 is 33.6 Å². The normalized spacial score (nSPS) is 14.9. The second kappa shape index (κ2) is 76.6. The number of phosphoric acid groups is 2. The lowest BCUT2D eigenvalue weighted by molar-refractivity contribution is -0.161. The maximum Gasteiger partial charge on any atom is 0.472 e. The molecule has 5 atom stereocenters. The number of allylic oxidation sites excluding steroid dienone is 28. The Balaban J connectivity index is 4.79. The molecule has 0 amide bonds. The molecule has 0 aliphatic heterocycles. The van der Waals surface area contributed by atoms with Crippen LogP contribution in [0.4, 0.5) is 0 Å². The molecule has 0 heterocycles. The molecule has 586 valence electrons. The third-order valence-corrected chi connectivity index (χ3v) is 17.8. The molecule has 0 fully saturated rings. The van der Waals surface area contributed by atoms with Crippen molar-refractivity contribution in [1.82, 2.24) is 0 Å². The number of ether oxygens (including phenoxy) is 3. The van der Waals surface area contributed by atoms with Crippen molar-refractivity contribution in [2.24, 2.45) is 0 Å². The first-order valence-corrected chi connectivity index (χ1v) is 42.4. The van der Waals surface area contributed by atoms with Crippen LogP contribution in [0.25, 0.3) is 0 Å². The lowest BCUT2D eigenvalue weighted by Crippen LogP contribution is -2.30. The first-order chi connectivity index (χ1) is 50.2. The molecule has 0 radical (unpaired) electrons. The summed E-state index contributed by atoms with van der Waals surface area (Å²) in [5, 5.41) is 20.6. The van der Waals surface area contributed by atoms with Gasteiger partial charge in [0.2, 0.25) is 0 Å². The van der Waals surface area contributed by atoms with Crippen molar-refractivity contribution in [3.63, 3.8) is 0 Å². The molecule has 0 aromatic rings. The van der Waals surface area contributed by atoms with Crippen molar-refractivity contribution in [2.45, 2.75) is 309 Å². The standard InChI is InChI=1S/C85H140O16P2/c1-4-7-10-13-16-19-22-25-28-31-34-37-39-42-44-47-50-53-56-59-62-65-68-71-83(88)95-74-80(86)75-97-102(91,92)98-76-81(87)77-99-103(93,94)100-79-82(101-85(90)73-70-67-64-61-58-55-52-49-46-41-36-33-30-27-24-21-18-15-12-9-6-3)78-96-84(89)72-69-66-63-60-57-54-51-48-45-43-40-38-35-32-29-26-23-20-17-14-11-8-5-2/h9,12,16-21,25-30,34-38,41-45,49,52,58,61,80-82,86-87H,4-8,10-11,13-15,22-24,31-33,39-40,46-48,50-51,53-57,59-60,62-79H2,1-3H3,(H,91,92)(H,93,94)/b12-9-,19-16-,20-17-,21-18-,28-25-,29-26-,30-27-,37-34-,38-35-,41-36-,44-42-,45-43-,52-49-,61-58-. The van der Waals surface area contributed by atoms with Crippen LogP contribution in [0.2, 0.25) is 0 Å². The molecule has 0 rings (SSSR count). The van der Waals surface area contributed by atoms with Crippen LogP contribution in [0.1, 0.15) is 290 Å². The number of aliphatic hydroxyl groups is 2. The molecule has 0 saturated heterocycles. The molecule has 0 aromatic heterocycles. The Morgan fingerprint density at radius 3 is 0.835 bits per heavy atom. The van der Waals surface area contributed by atoms with Gasteiger partial charge in [-0.05, 0) is 161 Å². The zero-order chi connectivity index (χ0) is 75.2. The van der Waals surface area contributed by atoms with Gasteiger partial charge in [-0.15, -0.1) is 0 Å². The topological polar surface area (TPSA) is 231 Å². The van der Waals surface area contributed by atoms with Crippen molar-refractivity contribution in [1.29, 1.82) is 0 Å².